The topological polar surface area (TPSA) is 102 Å². The Hall–Kier alpha value is -4.12. The van der Waals surface area contributed by atoms with E-state index in [0.717, 1.165) is 41.4 Å². The van der Waals surface area contributed by atoms with Crippen LogP contribution in [0, 0.1) is 6.92 Å². The second-order valence-corrected chi connectivity index (χ2v) is 7.67. The van der Waals surface area contributed by atoms with E-state index in [1.165, 1.54) is 12.3 Å². The van der Waals surface area contributed by atoms with Crippen LogP contribution in [0.2, 0.25) is 0 Å². The highest BCUT2D eigenvalue weighted by molar-refractivity contribution is 6.04. The maximum absolute atomic E-state index is 13.2. The van der Waals surface area contributed by atoms with Crippen LogP contribution in [0.1, 0.15) is 27.8 Å². The molecule has 0 spiro atoms. The number of hydrogen-bond acceptors (Lipinski definition) is 7. The lowest BCUT2D eigenvalue weighted by atomic mass is 10.0. The number of nitrogens with one attached hydrogen (secondary N) is 2. The molecule has 0 saturated carbocycles. The second-order valence-electron chi connectivity index (χ2n) is 7.67. The van der Waals surface area contributed by atoms with Gasteiger partial charge >= 0.3 is 6.18 Å². The van der Waals surface area contributed by atoms with Crippen LogP contribution in [-0.4, -0.2) is 46.2 Å². The molecule has 8 nitrogen and oxygen atoms in total. The zero-order valence-electron chi connectivity index (χ0n) is 19.0. The van der Waals surface area contributed by atoms with Gasteiger partial charge in [0.15, 0.2) is 6.10 Å². The van der Waals surface area contributed by atoms with Crippen molar-refractivity contribution in [3.05, 3.63) is 72.1 Å². The van der Waals surface area contributed by atoms with Crippen LogP contribution in [-0.2, 0) is 4.74 Å². The minimum absolute atomic E-state index is 0.00205. The maximum atomic E-state index is 13.2. The normalized spacial score (nSPS) is 12.4. The van der Waals surface area contributed by atoms with Crippen molar-refractivity contribution in [1.82, 2.24) is 19.9 Å². The quantitative estimate of drug-likeness (QED) is 0.401. The first-order valence-corrected chi connectivity index (χ1v) is 10.5. The molecule has 4 aromatic heterocycles. The summed E-state index contributed by atoms with van der Waals surface area (Å²) in [5.41, 5.74) is 2.96. The number of rotatable bonds is 6. The fourth-order valence-electron chi connectivity index (χ4n) is 3.56. The van der Waals surface area contributed by atoms with Crippen LogP contribution >= 0.6 is 0 Å². The minimum Gasteiger partial charge on any atom is -0.373 e. The largest absolute Gasteiger partial charge is 0.420 e. The Morgan fingerprint density at radius 1 is 1.03 bits per heavy atom. The van der Waals surface area contributed by atoms with Crippen LogP contribution < -0.4 is 10.6 Å². The Morgan fingerprint density at radius 2 is 1.83 bits per heavy atom. The van der Waals surface area contributed by atoms with E-state index >= 15 is 0 Å². The van der Waals surface area contributed by atoms with Crippen molar-refractivity contribution in [2.24, 2.45) is 0 Å². The van der Waals surface area contributed by atoms with E-state index in [1.807, 2.05) is 19.1 Å². The molecule has 180 valence electrons. The summed E-state index contributed by atoms with van der Waals surface area (Å²) in [5.74, 6) is 0.0920. The van der Waals surface area contributed by atoms with Gasteiger partial charge in [0.05, 0.1) is 23.1 Å². The van der Waals surface area contributed by atoms with Gasteiger partial charge in [0, 0.05) is 66.6 Å². The molecular formula is C24H21F3N6O2. The predicted octanol–water partition coefficient (Wildman–Crippen LogP) is 4.94. The number of aryl methyl sites for hydroxylation is 1. The van der Waals surface area contributed by atoms with Crippen LogP contribution in [0.15, 0.2) is 55.1 Å². The monoisotopic (exact) mass is 482 g/mol. The lowest BCUT2D eigenvalue weighted by Gasteiger charge is -2.18. The van der Waals surface area contributed by atoms with Crippen molar-refractivity contribution < 1.29 is 22.7 Å². The summed E-state index contributed by atoms with van der Waals surface area (Å²) in [5, 5.41) is 6.47. The van der Waals surface area contributed by atoms with Gasteiger partial charge in [-0.1, -0.05) is 0 Å². The first kappa shape index (κ1) is 24.0. The Bertz CT molecular complexity index is 1390. The molecule has 2 N–H and O–H groups in total. The number of ether oxygens (including phenoxy) is 1. The Labute approximate surface area is 198 Å². The third kappa shape index (κ3) is 5.19. The lowest BCUT2D eigenvalue weighted by Crippen LogP contribution is -2.24. The molecule has 0 fully saturated rings. The summed E-state index contributed by atoms with van der Waals surface area (Å²) in [4.78, 5) is 29.6. The smallest absolute Gasteiger partial charge is 0.373 e. The molecule has 4 rings (SSSR count). The van der Waals surface area contributed by atoms with Gasteiger partial charge in [0.2, 0.25) is 0 Å². The van der Waals surface area contributed by atoms with E-state index in [-0.39, 0.29) is 5.56 Å². The fourth-order valence-corrected chi connectivity index (χ4v) is 3.56. The van der Waals surface area contributed by atoms with Crippen molar-refractivity contribution in [2.45, 2.75) is 19.2 Å². The maximum Gasteiger partial charge on any atom is 0.420 e. The molecule has 0 unspecified atom stereocenters. The number of anilines is 2. The third-order valence-electron chi connectivity index (χ3n) is 5.32. The molecule has 35 heavy (non-hydrogen) atoms. The number of amides is 1. The first-order chi connectivity index (χ1) is 16.7. The highest BCUT2D eigenvalue weighted by atomic mass is 19.4. The van der Waals surface area contributed by atoms with E-state index < -0.39 is 23.9 Å². The van der Waals surface area contributed by atoms with Gasteiger partial charge in [-0.3, -0.25) is 19.7 Å². The molecule has 0 aliphatic carbocycles. The lowest BCUT2D eigenvalue weighted by molar-refractivity contribution is -0.217. The number of carbonyl (C=O) groups excluding carboxylic acids is 1. The van der Waals surface area contributed by atoms with Crippen LogP contribution in [0.25, 0.3) is 22.0 Å². The number of pyridine rings is 4. The second kappa shape index (κ2) is 9.63. The number of fused-ring (bicyclic) bond motifs is 1. The SMILES string of the molecule is CNc1cc2ncc(-c3cc(NC(=O)c4ccnc([C@H](OC)C(F)(F)F)c4)cnc3C)cc2cn1. The van der Waals surface area contributed by atoms with Gasteiger partial charge < -0.3 is 15.4 Å². The highest BCUT2D eigenvalue weighted by Gasteiger charge is 2.42. The molecular weight excluding hydrogens is 461 g/mol. The number of hydrogen-bond donors (Lipinski definition) is 2. The van der Waals surface area contributed by atoms with Crippen molar-refractivity contribution >= 4 is 28.3 Å². The standard InChI is InChI=1S/C24H21F3N6O2/c1-13-18(15-6-16-11-32-21(28-2)9-19(16)31-10-15)8-17(12-30-13)33-23(34)14-4-5-29-20(7-14)22(35-3)24(25,26)27/h4-12,22H,1-3H3,(H,28,32)(H,33,34)/t22-/m0/s1. The number of halogens is 3. The van der Waals surface area contributed by atoms with E-state index in [2.05, 4.69) is 35.3 Å². The zero-order valence-corrected chi connectivity index (χ0v) is 19.0. The summed E-state index contributed by atoms with van der Waals surface area (Å²) < 4.78 is 44.1. The van der Waals surface area contributed by atoms with Gasteiger partial charge in [-0.25, -0.2) is 4.98 Å². The Balaban J connectivity index is 1.61. The van der Waals surface area contributed by atoms with Crippen molar-refractivity contribution in [1.29, 1.82) is 0 Å². The van der Waals surface area contributed by atoms with Crippen molar-refractivity contribution in [3.8, 4) is 11.1 Å². The van der Waals surface area contributed by atoms with Crippen LogP contribution in [0.4, 0.5) is 24.7 Å². The molecule has 0 aromatic carbocycles. The van der Waals surface area contributed by atoms with Gasteiger partial charge in [-0.2, -0.15) is 13.2 Å². The van der Waals surface area contributed by atoms with Crippen molar-refractivity contribution in [2.75, 3.05) is 24.8 Å². The summed E-state index contributed by atoms with van der Waals surface area (Å²) in [6, 6.07) is 7.86. The van der Waals surface area contributed by atoms with E-state index in [0.29, 0.717) is 17.2 Å². The van der Waals surface area contributed by atoms with Gasteiger partial charge in [0.25, 0.3) is 5.91 Å². The molecule has 1 amide bonds. The number of carbonyl (C=O) groups is 1. The average Bonchev–Trinajstić information content (AvgIpc) is 2.84. The fraction of sp³-hybridized carbons (Fsp3) is 0.208. The van der Waals surface area contributed by atoms with Crippen LogP contribution in [0.3, 0.4) is 0 Å². The predicted molar refractivity (Wildman–Crippen MR) is 125 cm³/mol. The molecule has 0 radical (unpaired) electrons. The minimum atomic E-state index is -4.66. The van der Waals surface area contributed by atoms with Crippen LogP contribution in [0.5, 0.6) is 0 Å². The first-order valence-electron chi connectivity index (χ1n) is 10.5. The number of alkyl halides is 3. The van der Waals surface area contributed by atoms with E-state index in [9.17, 15) is 18.0 Å². The molecule has 0 bridgehead atoms. The molecule has 4 aromatic rings. The molecule has 11 heteroatoms. The Morgan fingerprint density at radius 3 is 2.54 bits per heavy atom. The zero-order chi connectivity index (χ0) is 25.2. The summed E-state index contributed by atoms with van der Waals surface area (Å²) in [7, 11) is 2.71. The molecule has 1 atom stereocenters. The van der Waals surface area contributed by atoms with E-state index in [4.69, 9.17) is 0 Å². The van der Waals surface area contributed by atoms with Gasteiger partial charge in [-0.05, 0) is 31.2 Å². The molecule has 0 saturated heterocycles. The summed E-state index contributed by atoms with van der Waals surface area (Å²) in [6.45, 7) is 1.82. The van der Waals surface area contributed by atoms with Crippen molar-refractivity contribution in [3.63, 3.8) is 0 Å². The summed E-state index contributed by atoms with van der Waals surface area (Å²) in [6.07, 6.45) is -0.876. The van der Waals surface area contributed by atoms with E-state index in [1.54, 1.807) is 25.5 Å². The average molecular weight is 482 g/mol. The Kier molecular flexibility index (Phi) is 6.61. The van der Waals surface area contributed by atoms with Gasteiger partial charge in [-0.15, -0.1) is 0 Å². The highest BCUT2D eigenvalue weighted by Crippen LogP contribution is 2.34. The molecule has 4 heterocycles. The third-order valence-corrected chi connectivity index (χ3v) is 5.32. The molecule has 0 aliphatic heterocycles. The van der Waals surface area contributed by atoms with Gasteiger partial charge in [0.1, 0.15) is 5.82 Å². The number of nitrogens with zero attached hydrogens (tertiary/aromatic N) is 4. The number of aromatic nitrogens is 4. The summed E-state index contributed by atoms with van der Waals surface area (Å²) >= 11 is 0. The number of methoxy groups -OCH3 is 1. The molecule has 0 aliphatic rings.